The summed E-state index contributed by atoms with van der Waals surface area (Å²) in [4.78, 5) is 12.7. The zero-order valence-electron chi connectivity index (χ0n) is 9.45. The topological polar surface area (TPSA) is 77.8 Å². The quantitative estimate of drug-likeness (QED) is 0.741. The van der Waals surface area contributed by atoms with E-state index in [9.17, 15) is 0 Å². The second-order valence-electron chi connectivity index (χ2n) is 3.69. The molecular formula is C13H10N4O. The van der Waals surface area contributed by atoms with Gasteiger partial charge in [-0.25, -0.2) is 15.0 Å². The van der Waals surface area contributed by atoms with Gasteiger partial charge in [0.25, 0.3) is 0 Å². The summed E-state index contributed by atoms with van der Waals surface area (Å²) < 4.78 is 5.31. The van der Waals surface area contributed by atoms with Crippen LogP contribution in [0.25, 0.3) is 23.0 Å². The molecule has 0 aromatic carbocycles. The summed E-state index contributed by atoms with van der Waals surface area (Å²) in [7, 11) is 0. The second kappa shape index (κ2) is 4.29. The van der Waals surface area contributed by atoms with Gasteiger partial charge in [0.05, 0.1) is 6.26 Å². The minimum Gasteiger partial charge on any atom is -0.463 e. The van der Waals surface area contributed by atoms with Gasteiger partial charge in [-0.2, -0.15) is 0 Å². The molecule has 0 spiro atoms. The van der Waals surface area contributed by atoms with Crippen molar-refractivity contribution in [1.29, 1.82) is 0 Å². The average molecular weight is 238 g/mol. The first kappa shape index (κ1) is 10.5. The lowest BCUT2D eigenvalue weighted by Crippen LogP contribution is -1.96. The molecule has 0 bridgehead atoms. The Bertz CT molecular complexity index is 664. The van der Waals surface area contributed by atoms with Crippen LogP contribution in [0.3, 0.4) is 0 Å². The molecule has 2 N–H and O–H groups in total. The van der Waals surface area contributed by atoms with Crippen LogP contribution in [0.4, 0.5) is 5.82 Å². The maximum Gasteiger partial charge on any atom is 0.180 e. The number of rotatable bonds is 2. The fourth-order valence-electron chi connectivity index (χ4n) is 1.62. The summed E-state index contributed by atoms with van der Waals surface area (Å²) >= 11 is 0. The molecule has 5 nitrogen and oxygen atoms in total. The smallest absolute Gasteiger partial charge is 0.180 e. The summed E-state index contributed by atoms with van der Waals surface area (Å²) in [6, 6.07) is 10.9. The molecule has 0 saturated carbocycles. The van der Waals surface area contributed by atoms with E-state index in [2.05, 4.69) is 15.0 Å². The highest BCUT2D eigenvalue weighted by Gasteiger charge is 2.07. The van der Waals surface area contributed by atoms with E-state index in [4.69, 9.17) is 10.2 Å². The van der Waals surface area contributed by atoms with Crippen molar-refractivity contribution in [2.45, 2.75) is 0 Å². The van der Waals surface area contributed by atoms with Crippen molar-refractivity contribution in [3.8, 4) is 23.0 Å². The zero-order chi connectivity index (χ0) is 12.4. The third-order valence-corrected chi connectivity index (χ3v) is 2.43. The van der Waals surface area contributed by atoms with Crippen LogP contribution in [0.15, 0.2) is 53.3 Å². The van der Waals surface area contributed by atoms with Gasteiger partial charge in [0, 0.05) is 6.20 Å². The molecule has 18 heavy (non-hydrogen) atoms. The molecular weight excluding hydrogens is 228 g/mol. The minimum atomic E-state index is 0.421. The molecule has 3 heterocycles. The van der Waals surface area contributed by atoms with Gasteiger partial charge in [-0.05, 0) is 30.3 Å². The van der Waals surface area contributed by atoms with Gasteiger partial charge in [0.1, 0.15) is 17.2 Å². The van der Waals surface area contributed by atoms with Gasteiger partial charge in [0.15, 0.2) is 11.6 Å². The highest BCUT2D eigenvalue weighted by Crippen LogP contribution is 2.20. The van der Waals surface area contributed by atoms with E-state index in [1.807, 2.05) is 30.3 Å². The first-order valence-corrected chi connectivity index (χ1v) is 5.43. The Morgan fingerprint density at radius 2 is 1.83 bits per heavy atom. The number of anilines is 1. The van der Waals surface area contributed by atoms with Crippen molar-refractivity contribution in [1.82, 2.24) is 15.0 Å². The van der Waals surface area contributed by atoms with Gasteiger partial charge in [0.2, 0.25) is 0 Å². The Morgan fingerprint density at radius 1 is 0.944 bits per heavy atom. The van der Waals surface area contributed by atoms with E-state index in [0.29, 0.717) is 23.1 Å². The molecule has 3 rings (SSSR count). The Labute approximate surface area is 103 Å². The monoisotopic (exact) mass is 238 g/mol. The van der Waals surface area contributed by atoms with Crippen molar-refractivity contribution in [2.75, 3.05) is 5.73 Å². The van der Waals surface area contributed by atoms with Gasteiger partial charge in [-0.3, -0.25) is 0 Å². The van der Waals surface area contributed by atoms with Crippen molar-refractivity contribution >= 4 is 5.82 Å². The number of hydrogen-bond acceptors (Lipinski definition) is 5. The Hall–Kier alpha value is -2.69. The second-order valence-corrected chi connectivity index (χ2v) is 3.69. The molecule has 0 saturated heterocycles. The number of nitrogen functional groups attached to an aromatic ring is 1. The lowest BCUT2D eigenvalue weighted by molar-refractivity contribution is 0.580. The summed E-state index contributed by atoms with van der Waals surface area (Å²) in [5.41, 5.74) is 7.03. The standard InChI is InChI=1S/C13H10N4O/c14-12-6-7-15-13(17-12)10-4-1-3-9(16-10)11-5-2-8-18-11/h1-8H,(H2,14,15,17). The molecule has 5 heteroatoms. The summed E-state index contributed by atoms with van der Waals surface area (Å²) in [5.74, 6) is 1.63. The molecule has 0 amide bonds. The lowest BCUT2D eigenvalue weighted by Gasteiger charge is -2.02. The third-order valence-electron chi connectivity index (χ3n) is 2.43. The molecule has 88 valence electrons. The molecule has 0 radical (unpaired) electrons. The van der Waals surface area contributed by atoms with Gasteiger partial charge < -0.3 is 10.2 Å². The van der Waals surface area contributed by atoms with Crippen LogP contribution in [-0.2, 0) is 0 Å². The number of nitrogens with zero attached hydrogens (tertiary/aromatic N) is 3. The van der Waals surface area contributed by atoms with Crippen molar-refractivity contribution in [3.05, 3.63) is 48.9 Å². The summed E-state index contributed by atoms with van der Waals surface area (Å²) in [6.07, 6.45) is 3.22. The van der Waals surface area contributed by atoms with Crippen molar-refractivity contribution in [3.63, 3.8) is 0 Å². The third kappa shape index (κ3) is 1.93. The molecule has 0 atom stereocenters. The largest absolute Gasteiger partial charge is 0.463 e. The highest BCUT2D eigenvalue weighted by atomic mass is 16.3. The van der Waals surface area contributed by atoms with Gasteiger partial charge in [-0.1, -0.05) is 6.07 Å². The van der Waals surface area contributed by atoms with E-state index in [-0.39, 0.29) is 0 Å². The molecule has 0 aliphatic carbocycles. The SMILES string of the molecule is Nc1ccnc(-c2cccc(-c3ccco3)n2)n1. The lowest BCUT2D eigenvalue weighted by atomic mass is 10.2. The van der Waals surface area contributed by atoms with E-state index in [1.54, 1.807) is 18.5 Å². The summed E-state index contributed by atoms with van der Waals surface area (Å²) in [5, 5.41) is 0. The maximum atomic E-state index is 5.63. The van der Waals surface area contributed by atoms with Crippen molar-refractivity contribution < 1.29 is 4.42 Å². The van der Waals surface area contributed by atoms with E-state index in [0.717, 1.165) is 5.69 Å². The van der Waals surface area contributed by atoms with Gasteiger partial charge >= 0.3 is 0 Å². The fourth-order valence-corrected chi connectivity index (χ4v) is 1.62. The molecule has 0 unspecified atom stereocenters. The first-order chi connectivity index (χ1) is 8.83. The Balaban J connectivity index is 2.06. The Morgan fingerprint density at radius 3 is 2.61 bits per heavy atom. The summed E-state index contributed by atoms with van der Waals surface area (Å²) in [6.45, 7) is 0. The van der Waals surface area contributed by atoms with Crippen LogP contribution in [0.5, 0.6) is 0 Å². The molecule has 0 aliphatic rings. The highest BCUT2D eigenvalue weighted by molar-refractivity contribution is 5.59. The van der Waals surface area contributed by atoms with Gasteiger partial charge in [-0.15, -0.1) is 0 Å². The number of furan rings is 1. The minimum absolute atomic E-state index is 0.421. The first-order valence-electron chi connectivity index (χ1n) is 5.43. The van der Waals surface area contributed by atoms with Crippen LogP contribution in [0.2, 0.25) is 0 Å². The number of aromatic nitrogens is 3. The van der Waals surface area contributed by atoms with Crippen molar-refractivity contribution in [2.24, 2.45) is 0 Å². The average Bonchev–Trinajstić information content (AvgIpc) is 2.93. The van der Waals surface area contributed by atoms with E-state index in [1.165, 1.54) is 0 Å². The molecule has 3 aromatic heterocycles. The molecule has 3 aromatic rings. The number of nitrogens with two attached hydrogens (primary N) is 1. The number of pyridine rings is 1. The predicted octanol–water partition coefficient (Wildman–Crippen LogP) is 2.38. The van der Waals surface area contributed by atoms with Crippen LogP contribution >= 0.6 is 0 Å². The van der Waals surface area contributed by atoms with Crippen LogP contribution in [-0.4, -0.2) is 15.0 Å². The normalized spacial score (nSPS) is 10.4. The zero-order valence-corrected chi connectivity index (χ0v) is 9.45. The maximum absolute atomic E-state index is 5.63. The molecule has 0 aliphatic heterocycles. The van der Waals surface area contributed by atoms with Crippen LogP contribution in [0.1, 0.15) is 0 Å². The number of hydrogen-bond donors (Lipinski definition) is 1. The van der Waals surface area contributed by atoms with E-state index >= 15 is 0 Å². The van der Waals surface area contributed by atoms with Crippen LogP contribution < -0.4 is 5.73 Å². The predicted molar refractivity (Wildman–Crippen MR) is 67.4 cm³/mol. The molecule has 0 fully saturated rings. The van der Waals surface area contributed by atoms with Crippen LogP contribution in [0, 0.1) is 0 Å². The van der Waals surface area contributed by atoms with E-state index < -0.39 is 0 Å². The Kier molecular flexibility index (Phi) is 2.49. The fraction of sp³-hybridized carbons (Fsp3) is 0.